The van der Waals surface area contributed by atoms with Crippen molar-refractivity contribution in [3.63, 3.8) is 0 Å². The summed E-state index contributed by atoms with van der Waals surface area (Å²) >= 11 is 1.66. The van der Waals surface area contributed by atoms with Crippen LogP contribution >= 0.6 is 11.3 Å². The van der Waals surface area contributed by atoms with E-state index in [0.29, 0.717) is 30.0 Å². The van der Waals surface area contributed by atoms with Gasteiger partial charge in [0.25, 0.3) is 5.91 Å². The van der Waals surface area contributed by atoms with Gasteiger partial charge in [-0.15, -0.1) is 11.3 Å². The molecule has 0 aliphatic heterocycles. The average molecular weight is 363 g/mol. The zero-order valence-corrected chi connectivity index (χ0v) is 15.0. The number of aromatic nitrogens is 2. The number of fused-ring (bicyclic) bond motifs is 1. The van der Waals surface area contributed by atoms with Crippen LogP contribution in [0, 0.1) is 6.92 Å². The summed E-state index contributed by atoms with van der Waals surface area (Å²) in [4.78, 5) is 17.2. The molecule has 0 aliphatic rings. The molecule has 130 valence electrons. The first-order valence-electron chi connectivity index (χ1n) is 8.37. The predicted octanol–water partition coefficient (Wildman–Crippen LogP) is 4.23. The van der Waals surface area contributed by atoms with E-state index in [1.807, 2.05) is 48.5 Å². The lowest BCUT2D eigenvalue weighted by Crippen LogP contribution is -2.26. The lowest BCUT2D eigenvalue weighted by atomic mass is 10.1. The summed E-state index contributed by atoms with van der Waals surface area (Å²) in [6.07, 6.45) is 0.691. The Hall–Kier alpha value is -2.99. The maximum Gasteiger partial charge on any atom is 0.257 e. The summed E-state index contributed by atoms with van der Waals surface area (Å²) in [5.74, 6) is 0.338. The van der Waals surface area contributed by atoms with Gasteiger partial charge in [0.1, 0.15) is 17.0 Å². The number of carbonyl (C=O) groups is 1. The number of benzene rings is 2. The van der Waals surface area contributed by atoms with Gasteiger partial charge in [-0.05, 0) is 19.1 Å². The number of para-hydroxylation sites is 1. The first-order chi connectivity index (χ1) is 12.7. The van der Waals surface area contributed by atoms with Gasteiger partial charge in [0.15, 0.2) is 0 Å². The second-order valence-electron chi connectivity index (χ2n) is 5.91. The molecule has 0 radical (unpaired) electrons. The minimum Gasteiger partial charge on any atom is -0.360 e. The molecule has 4 rings (SSSR count). The van der Waals surface area contributed by atoms with Gasteiger partial charge in [-0.2, -0.15) is 0 Å². The van der Waals surface area contributed by atoms with Crippen molar-refractivity contribution < 1.29 is 9.32 Å². The molecule has 26 heavy (non-hydrogen) atoms. The number of hydrogen-bond acceptors (Lipinski definition) is 5. The van der Waals surface area contributed by atoms with E-state index in [9.17, 15) is 4.79 Å². The smallest absolute Gasteiger partial charge is 0.257 e. The van der Waals surface area contributed by atoms with Crippen molar-refractivity contribution >= 4 is 27.5 Å². The number of rotatable bonds is 5. The second kappa shape index (κ2) is 7.09. The number of hydrogen-bond donors (Lipinski definition) is 1. The molecule has 0 atom stereocenters. The zero-order chi connectivity index (χ0) is 17.9. The van der Waals surface area contributed by atoms with Gasteiger partial charge in [0.05, 0.1) is 15.2 Å². The van der Waals surface area contributed by atoms with Crippen LogP contribution < -0.4 is 5.32 Å². The van der Waals surface area contributed by atoms with E-state index >= 15 is 0 Å². The molecule has 2 heterocycles. The highest BCUT2D eigenvalue weighted by Gasteiger charge is 2.21. The molecule has 1 N–H and O–H groups in total. The monoisotopic (exact) mass is 363 g/mol. The third kappa shape index (κ3) is 3.23. The Morgan fingerprint density at radius 1 is 1.12 bits per heavy atom. The highest BCUT2D eigenvalue weighted by molar-refractivity contribution is 7.18. The third-order valence-electron chi connectivity index (χ3n) is 4.10. The van der Waals surface area contributed by atoms with Crippen LogP contribution in [0.1, 0.15) is 21.1 Å². The average Bonchev–Trinajstić information content (AvgIpc) is 3.25. The normalized spacial score (nSPS) is 11.0. The van der Waals surface area contributed by atoms with E-state index < -0.39 is 0 Å². The molecule has 0 unspecified atom stereocenters. The minimum atomic E-state index is -0.177. The van der Waals surface area contributed by atoms with Gasteiger partial charge >= 0.3 is 0 Å². The number of amides is 1. The summed E-state index contributed by atoms with van der Waals surface area (Å²) in [6.45, 7) is 2.26. The minimum absolute atomic E-state index is 0.177. The van der Waals surface area contributed by atoms with Crippen LogP contribution in [0.2, 0.25) is 0 Å². The van der Waals surface area contributed by atoms with Gasteiger partial charge in [-0.25, -0.2) is 4.98 Å². The van der Waals surface area contributed by atoms with Crippen LogP contribution in [-0.2, 0) is 6.42 Å². The molecule has 0 saturated carbocycles. The molecule has 6 heteroatoms. The summed E-state index contributed by atoms with van der Waals surface area (Å²) < 4.78 is 6.42. The van der Waals surface area contributed by atoms with Gasteiger partial charge < -0.3 is 9.84 Å². The van der Waals surface area contributed by atoms with Crippen molar-refractivity contribution in [1.82, 2.24) is 15.5 Å². The van der Waals surface area contributed by atoms with Crippen LogP contribution in [0.3, 0.4) is 0 Å². The van der Waals surface area contributed by atoms with E-state index in [1.165, 1.54) is 0 Å². The van der Waals surface area contributed by atoms with Crippen molar-refractivity contribution in [3.8, 4) is 11.3 Å². The Labute approximate surface area is 154 Å². The number of nitrogens with one attached hydrogen (secondary N) is 1. The van der Waals surface area contributed by atoms with Gasteiger partial charge in [-0.1, -0.05) is 47.6 Å². The summed E-state index contributed by atoms with van der Waals surface area (Å²) in [5, 5.41) is 8.02. The summed E-state index contributed by atoms with van der Waals surface area (Å²) in [5.41, 5.74) is 2.92. The highest BCUT2D eigenvalue weighted by atomic mass is 32.1. The summed E-state index contributed by atoms with van der Waals surface area (Å²) in [7, 11) is 0. The summed E-state index contributed by atoms with van der Waals surface area (Å²) in [6, 6.07) is 17.6. The van der Waals surface area contributed by atoms with Gasteiger partial charge in [0, 0.05) is 18.5 Å². The van der Waals surface area contributed by atoms with Crippen LogP contribution in [-0.4, -0.2) is 22.6 Å². The first-order valence-corrected chi connectivity index (χ1v) is 9.18. The lowest BCUT2D eigenvalue weighted by Gasteiger charge is -2.04. The van der Waals surface area contributed by atoms with Crippen LogP contribution in [0.25, 0.3) is 21.5 Å². The van der Waals surface area contributed by atoms with Gasteiger partial charge in [-0.3, -0.25) is 4.79 Å². The fraction of sp³-hybridized carbons (Fsp3) is 0.150. The second-order valence-corrected chi connectivity index (χ2v) is 7.02. The Morgan fingerprint density at radius 3 is 2.69 bits per heavy atom. The molecule has 0 saturated heterocycles. The quantitative estimate of drug-likeness (QED) is 0.576. The van der Waals surface area contributed by atoms with Crippen molar-refractivity contribution in [2.45, 2.75) is 13.3 Å². The number of aryl methyl sites for hydroxylation is 1. The van der Waals surface area contributed by atoms with Crippen LogP contribution in [0.5, 0.6) is 0 Å². The molecular formula is C20H17N3O2S. The molecule has 0 spiro atoms. The molecular weight excluding hydrogens is 346 g/mol. The lowest BCUT2D eigenvalue weighted by molar-refractivity contribution is 0.0953. The van der Waals surface area contributed by atoms with E-state index in [1.54, 1.807) is 18.3 Å². The molecule has 0 aliphatic carbocycles. The maximum atomic E-state index is 12.7. The molecule has 0 fully saturated rings. The third-order valence-corrected chi connectivity index (χ3v) is 5.20. The van der Waals surface area contributed by atoms with E-state index in [2.05, 4.69) is 21.5 Å². The Bertz CT molecular complexity index is 1020. The van der Waals surface area contributed by atoms with Crippen LogP contribution in [0.4, 0.5) is 0 Å². The van der Waals surface area contributed by atoms with Crippen molar-refractivity contribution in [1.29, 1.82) is 0 Å². The van der Waals surface area contributed by atoms with E-state index in [4.69, 9.17) is 4.52 Å². The highest BCUT2D eigenvalue weighted by Crippen LogP contribution is 2.25. The SMILES string of the molecule is Cc1onc(-c2ccccc2)c1C(=O)NCCc1nc2ccccc2s1. The molecule has 2 aromatic carbocycles. The maximum absolute atomic E-state index is 12.7. The van der Waals surface area contributed by atoms with E-state index in [0.717, 1.165) is 20.8 Å². The molecule has 0 bridgehead atoms. The molecule has 5 nitrogen and oxygen atoms in total. The standard InChI is InChI=1S/C20H17N3O2S/c1-13-18(19(23-25-13)14-7-3-2-4-8-14)20(24)21-12-11-17-22-15-9-5-6-10-16(15)26-17/h2-10H,11-12H2,1H3,(H,21,24). The number of thiazole rings is 1. The topological polar surface area (TPSA) is 68.0 Å². The van der Waals surface area contributed by atoms with Crippen molar-refractivity contribution in [2.24, 2.45) is 0 Å². The molecule has 4 aromatic rings. The zero-order valence-electron chi connectivity index (χ0n) is 14.2. The van der Waals surface area contributed by atoms with Crippen LogP contribution in [0.15, 0.2) is 59.1 Å². The van der Waals surface area contributed by atoms with Crippen molar-refractivity contribution in [3.05, 3.63) is 70.9 Å². The largest absolute Gasteiger partial charge is 0.360 e. The Balaban J connectivity index is 1.46. The van der Waals surface area contributed by atoms with Crippen molar-refractivity contribution in [2.75, 3.05) is 6.54 Å². The van der Waals surface area contributed by atoms with E-state index in [-0.39, 0.29) is 5.91 Å². The fourth-order valence-electron chi connectivity index (χ4n) is 2.83. The molecule has 1 amide bonds. The number of nitrogens with zero attached hydrogens (tertiary/aromatic N) is 2. The van der Waals surface area contributed by atoms with Gasteiger partial charge in [0.2, 0.25) is 0 Å². The number of carbonyl (C=O) groups excluding carboxylic acids is 1. The first kappa shape index (κ1) is 16.5. The fourth-order valence-corrected chi connectivity index (χ4v) is 3.80. The molecule has 2 aromatic heterocycles. The Kier molecular flexibility index (Phi) is 4.50. The Morgan fingerprint density at radius 2 is 1.88 bits per heavy atom. The predicted molar refractivity (Wildman–Crippen MR) is 102 cm³/mol.